The quantitative estimate of drug-likeness (QED) is 0.749. The molecule has 0 heterocycles. The Morgan fingerprint density at radius 2 is 1.75 bits per heavy atom. The summed E-state index contributed by atoms with van der Waals surface area (Å²) in [5, 5.41) is 5.89. The van der Waals surface area contributed by atoms with Crippen LogP contribution >= 0.6 is 0 Å². The van der Waals surface area contributed by atoms with E-state index in [-0.39, 0.29) is 11.8 Å². The molecule has 1 fully saturated rings. The molecule has 0 aliphatic heterocycles. The second-order valence-electron chi connectivity index (χ2n) is 7.11. The van der Waals surface area contributed by atoms with Crippen LogP contribution in [-0.2, 0) is 4.79 Å². The van der Waals surface area contributed by atoms with Crippen LogP contribution < -0.4 is 16.4 Å². The van der Waals surface area contributed by atoms with Crippen LogP contribution in [0.5, 0.6) is 0 Å². The van der Waals surface area contributed by atoms with Gasteiger partial charge >= 0.3 is 0 Å². The van der Waals surface area contributed by atoms with Crippen molar-refractivity contribution >= 4 is 17.5 Å². The van der Waals surface area contributed by atoms with Crippen LogP contribution in [0.4, 0.5) is 5.69 Å². The van der Waals surface area contributed by atoms with E-state index in [2.05, 4.69) is 10.6 Å². The first kappa shape index (κ1) is 18.5. The lowest BCUT2D eigenvalue weighted by molar-refractivity contribution is -0.117. The Labute approximate surface area is 144 Å². The van der Waals surface area contributed by atoms with Crippen LogP contribution in [0.1, 0.15) is 62.7 Å². The highest BCUT2D eigenvalue weighted by atomic mass is 16.2. The van der Waals surface area contributed by atoms with Crippen molar-refractivity contribution < 1.29 is 9.59 Å². The zero-order valence-corrected chi connectivity index (χ0v) is 14.7. The number of benzene rings is 1. The van der Waals surface area contributed by atoms with Gasteiger partial charge in [0.25, 0.3) is 5.91 Å². The predicted octanol–water partition coefficient (Wildman–Crippen LogP) is 3.06. The molecule has 1 aliphatic rings. The standard InChI is InChI=1S/C19H29N3O2/c1-13(2)12-17(20)19(24)22-16-10-8-14(9-11-16)18(23)21-15-6-4-3-5-7-15/h8-11,13,15,17H,3-7,12,20H2,1-2H3,(H,21,23)(H,22,24)/t17-/m0/s1. The van der Waals surface area contributed by atoms with Crippen molar-refractivity contribution in [2.75, 3.05) is 5.32 Å². The Bertz CT molecular complexity index is 548. The maximum atomic E-state index is 12.3. The van der Waals surface area contributed by atoms with Crippen molar-refractivity contribution in [2.45, 2.75) is 64.5 Å². The molecule has 132 valence electrons. The van der Waals surface area contributed by atoms with Crippen molar-refractivity contribution in [1.82, 2.24) is 5.32 Å². The highest BCUT2D eigenvalue weighted by molar-refractivity contribution is 5.97. The van der Waals surface area contributed by atoms with E-state index in [4.69, 9.17) is 5.73 Å². The number of nitrogens with two attached hydrogens (primary N) is 1. The normalized spacial score (nSPS) is 16.7. The number of nitrogens with one attached hydrogen (secondary N) is 2. The number of hydrogen-bond acceptors (Lipinski definition) is 3. The van der Waals surface area contributed by atoms with E-state index < -0.39 is 6.04 Å². The molecule has 1 atom stereocenters. The van der Waals surface area contributed by atoms with Gasteiger partial charge in [-0.1, -0.05) is 33.1 Å². The minimum atomic E-state index is -0.515. The Hall–Kier alpha value is -1.88. The van der Waals surface area contributed by atoms with Gasteiger partial charge in [0.15, 0.2) is 0 Å². The van der Waals surface area contributed by atoms with E-state index in [0.29, 0.717) is 29.6 Å². The molecule has 1 saturated carbocycles. The van der Waals surface area contributed by atoms with Crippen molar-refractivity contribution in [3.05, 3.63) is 29.8 Å². The number of amides is 2. The van der Waals surface area contributed by atoms with Gasteiger partial charge in [-0.3, -0.25) is 9.59 Å². The van der Waals surface area contributed by atoms with Crippen LogP contribution in [-0.4, -0.2) is 23.9 Å². The lowest BCUT2D eigenvalue weighted by atomic mass is 9.95. The summed E-state index contributed by atoms with van der Waals surface area (Å²) in [4.78, 5) is 24.3. The largest absolute Gasteiger partial charge is 0.349 e. The minimum absolute atomic E-state index is 0.0451. The molecule has 2 amide bonds. The van der Waals surface area contributed by atoms with Crippen molar-refractivity contribution in [3.8, 4) is 0 Å². The molecular weight excluding hydrogens is 302 g/mol. The van der Waals surface area contributed by atoms with Gasteiger partial charge in [-0.05, 0) is 49.4 Å². The van der Waals surface area contributed by atoms with E-state index in [9.17, 15) is 9.59 Å². The zero-order chi connectivity index (χ0) is 17.5. The molecule has 2 rings (SSSR count). The summed E-state index contributed by atoms with van der Waals surface area (Å²) in [5.74, 6) is 0.135. The molecule has 5 nitrogen and oxygen atoms in total. The van der Waals surface area contributed by atoms with Crippen LogP contribution in [0.25, 0.3) is 0 Å². The summed E-state index contributed by atoms with van der Waals surface area (Å²) >= 11 is 0. The number of rotatable bonds is 6. The van der Waals surface area contributed by atoms with Crippen LogP contribution in [0.3, 0.4) is 0 Å². The molecular formula is C19H29N3O2. The summed E-state index contributed by atoms with van der Waals surface area (Å²) in [6, 6.07) is 6.74. The van der Waals surface area contributed by atoms with Gasteiger partial charge in [0.05, 0.1) is 6.04 Å². The van der Waals surface area contributed by atoms with Gasteiger partial charge in [-0.2, -0.15) is 0 Å². The van der Waals surface area contributed by atoms with E-state index in [1.54, 1.807) is 24.3 Å². The van der Waals surface area contributed by atoms with Gasteiger partial charge < -0.3 is 16.4 Å². The molecule has 4 N–H and O–H groups in total. The fourth-order valence-electron chi connectivity index (χ4n) is 3.07. The van der Waals surface area contributed by atoms with E-state index in [0.717, 1.165) is 12.8 Å². The summed E-state index contributed by atoms with van der Waals surface area (Å²) in [6.07, 6.45) is 6.41. The Balaban J connectivity index is 1.87. The Morgan fingerprint density at radius 1 is 1.12 bits per heavy atom. The number of carbonyl (C=O) groups is 2. The van der Waals surface area contributed by atoms with Crippen LogP contribution in [0.2, 0.25) is 0 Å². The molecule has 0 unspecified atom stereocenters. The summed E-state index contributed by atoms with van der Waals surface area (Å²) < 4.78 is 0. The first-order chi connectivity index (χ1) is 11.5. The van der Waals surface area contributed by atoms with Crippen molar-refractivity contribution in [1.29, 1.82) is 0 Å². The third kappa shape index (κ3) is 5.64. The number of anilines is 1. The number of hydrogen-bond donors (Lipinski definition) is 3. The van der Waals surface area contributed by atoms with Gasteiger partial charge in [0.1, 0.15) is 0 Å². The Morgan fingerprint density at radius 3 is 2.33 bits per heavy atom. The topological polar surface area (TPSA) is 84.2 Å². The van der Waals surface area contributed by atoms with Gasteiger partial charge in [0.2, 0.25) is 5.91 Å². The summed E-state index contributed by atoms with van der Waals surface area (Å²) in [7, 11) is 0. The summed E-state index contributed by atoms with van der Waals surface area (Å²) in [6.45, 7) is 4.07. The second-order valence-corrected chi connectivity index (χ2v) is 7.11. The lowest BCUT2D eigenvalue weighted by Gasteiger charge is -2.22. The molecule has 0 bridgehead atoms. The zero-order valence-electron chi connectivity index (χ0n) is 14.7. The first-order valence-electron chi connectivity index (χ1n) is 8.93. The van der Waals surface area contributed by atoms with Gasteiger partial charge in [0, 0.05) is 17.3 Å². The lowest BCUT2D eigenvalue weighted by Crippen LogP contribution is -2.37. The van der Waals surface area contributed by atoms with Crippen LogP contribution in [0.15, 0.2) is 24.3 Å². The molecule has 1 aromatic carbocycles. The third-order valence-electron chi connectivity index (χ3n) is 4.42. The monoisotopic (exact) mass is 331 g/mol. The fourth-order valence-corrected chi connectivity index (χ4v) is 3.07. The first-order valence-corrected chi connectivity index (χ1v) is 8.93. The smallest absolute Gasteiger partial charge is 0.251 e. The molecule has 5 heteroatoms. The maximum Gasteiger partial charge on any atom is 0.251 e. The van der Waals surface area contributed by atoms with Crippen molar-refractivity contribution in [2.24, 2.45) is 11.7 Å². The maximum absolute atomic E-state index is 12.3. The van der Waals surface area contributed by atoms with Gasteiger partial charge in [-0.15, -0.1) is 0 Å². The van der Waals surface area contributed by atoms with Crippen LogP contribution in [0, 0.1) is 5.92 Å². The molecule has 0 radical (unpaired) electrons. The third-order valence-corrected chi connectivity index (χ3v) is 4.42. The number of carbonyl (C=O) groups excluding carboxylic acids is 2. The van der Waals surface area contributed by atoms with E-state index in [1.165, 1.54) is 19.3 Å². The molecule has 1 aliphatic carbocycles. The molecule has 0 aromatic heterocycles. The minimum Gasteiger partial charge on any atom is -0.349 e. The second kappa shape index (κ2) is 8.83. The van der Waals surface area contributed by atoms with Gasteiger partial charge in [-0.25, -0.2) is 0 Å². The van der Waals surface area contributed by atoms with E-state index >= 15 is 0 Å². The van der Waals surface area contributed by atoms with E-state index in [1.807, 2.05) is 13.8 Å². The molecule has 24 heavy (non-hydrogen) atoms. The Kier molecular flexibility index (Phi) is 6.79. The molecule has 0 saturated heterocycles. The highest BCUT2D eigenvalue weighted by Gasteiger charge is 2.17. The fraction of sp³-hybridized carbons (Fsp3) is 0.579. The molecule has 1 aromatic rings. The average Bonchev–Trinajstić information content (AvgIpc) is 2.55. The predicted molar refractivity (Wildman–Crippen MR) is 96.8 cm³/mol. The highest BCUT2D eigenvalue weighted by Crippen LogP contribution is 2.18. The summed E-state index contributed by atoms with van der Waals surface area (Å²) in [5.41, 5.74) is 7.15. The van der Waals surface area contributed by atoms with Crippen molar-refractivity contribution in [3.63, 3.8) is 0 Å². The molecule has 0 spiro atoms. The average molecular weight is 331 g/mol. The SMILES string of the molecule is CC(C)C[C@H](N)C(=O)Nc1ccc(C(=O)NC2CCCCC2)cc1.